The third-order valence-corrected chi connectivity index (χ3v) is 5.18. The van der Waals surface area contributed by atoms with Gasteiger partial charge < -0.3 is 10.1 Å². The predicted octanol–water partition coefficient (Wildman–Crippen LogP) is 6.35. The molecule has 1 N–H and O–H groups in total. The molecule has 0 saturated carbocycles. The summed E-state index contributed by atoms with van der Waals surface area (Å²) in [7, 11) is 0. The molecule has 12 heteroatoms. The number of ether oxygens (including phenoxy) is 1. The highest BCUT2D eigenvalue weighted by Crippen LogP contribution is 2.34. The van der Waals surface area contributed by atoms with Crippen LogP contribution in [0.15, 0.2) is 67.0 Å². The van der Waals surface area contributed by atoms with Crippen molar-refractivity contribution in [3.8, 4) is 11.6 Å². The fourth-order valence-electron chi connectivity index (χ4n) is 3.41. The van der Waals surface area contributed by atoms with E-state index in [1.807, 2.05) is 0 Å². The molecule has 1 atom stereocenters. The second kappa shape index (κ2) is 9.44. The van der Waals surface area contributed by atoms with Crippen LogP contribution in [0.3, 0.4) is 0 Å². The minimum absolute atomic E-state index is 0.156. The van der Waals surface area contributed by atoms with Gasteiger partial charge in [0.15, 0.2) is 0 Å². The van der Waals surface area contributed by atoms with Crippen LogP contribution in [0, 0.1) is 0 Å². The Kier molecular flexibility index (Phi) is 6.53. The zero-order chi connectivity index (χ0) is 26.1. The smallest absolute Gasteiger partial charge is 0.418 e. The number of nitrogens with one attached hydrogen (secondary N) is 1. The number of halogens is 6. The van der Waals surface area contributed by atoms with Crippen LogP contribution in [0.4, 0.5) is 26.3 Å². The Morgan fingerprint density at radius 3 is 2.33 bits per heavy atom. The molecule has 0 aliphatic carbocycles. The van der Waals surface area contributed by atoms with E-state index in [1.165, 1.54) is 25.1 Å². The molecule has 2 aromatic carbocycles. The van der Waals surface area contributed by atoms with Gasteiger partial charge in [-0.1, -0.05) is 30.3 Å². The lowest BCUT2D eigenvalue weighted by Gasteiger charge is -2.18. The van der Waals surface area contributed by atoms with Gasteiger partial charge in [0.25, 0.3) is 11.8 Å². The first-order chi connectivity index (χ1) is 16.9. The standard InChI is InChI=1S/C24H16F6N4O2/c1-13(14-5-4-6-15(9-14)23(25,26)27)32-21(35)20-18-7-2-3-8-19(18)33-34-22(20)36-17-10-16(11-31-12-17)24(28,29)30/h2-13H,1H3,(H,32,35). The van der Waals surface area contributed by atoms with Crippen LogP contribution in [-0.2, 0) is 12.4 Å². The van der Waals surface area contributed by atoms with E-state index in [-0.39, 0.29) is 22.3 Å². The van der Waals surface area contributed by atoms with Gasteiger partial charge in [0.2, 0.25) is 0 Å². The first kappa shape index (κ1) is 24.9. The fraction of sp³-hybridized carbons (Fsp3) is 0.167. The van der Waals surface area contributed by atoms with Crippen LogP contribution in [0.25, 0.3) is 10.9 Å². The van der Waals surface area contributed by atoms with Gasteiger partial charge in [0, 0.05) is 11.6 Å². The Morgan fingerprint density at radius 1 is 0.889 bits per heavy atom. The first-order valence-electron chi connectivity index (χ1n) is 10.4. The molecular weight excluding hydrogens is 490 g/mol. The quantitative estimate of drug-likeness (QED) is 0.320. The summed E-state index contributed by atoms with van der Waals surface area (Å²) in [5.74, 6) is -1.51. The molecule has 0 bridgehead atoms. The van der Waals surface area contributed by atoms with Gasteiger partial charge in [-0.25, -0.2) is 0 Å². The number of amides is 1. The molecule has 1 unspecified atom stereocenters. The summed E-state index contributed by atoms with van der Waals surface area (Å²) in [5.41, 5.74) is -1.62. The zero-order valence-electron chi connectivity index (χ0n) is 18.4. The second-order valence-corrected chi connectivity index (χ2v) is 7.72. The molecule has 186 valence electrons. The van der Waals surface area contributed by atoms with Crippen molar-refractivity contribution >= 4 is 16.8 Å². The molecule has 36 heavy (non-hydrogen) atoms. The Labute approximate surface area is 199 Å². The largest absolute Gasteiger partial charge is 0.435 e. The van der Waals surface area contributed by atoms with Crippen molar-refractivity contribution in [2.75, 3.05) is 0 Å². The summed E-state index contributed by atoms with van der Waals surface area (Å²) < 4.78 is 84.0. The number of fused-ring (bicyclic) bond motifs is 1. The summed E-state index contributed by atoms with van der Waals surface area (Å²) >= 11 is 0. The van der Waals surface area contributed by atoms with Gasteiger partial charge >= 0.3 is 12.4 Å². The minimum atomic E-state index is -4.68. The lowest BCUT2D eigenvalue weighted by atomic mass is 10.0. The SMILES string of the molecule is CC(NC(=O)c1c(Oc2cncc(C(F)(F)F)c2)nnc2ccccc12)c1cccc(C(F)(F)F)c1. The Morgan fingerprint density at radius 2 is 1.61 bits per heavy atom. The van der Waals surface area contributed by atoms with E-state index in [0.29, 0.717) is 17.8 Å². The minimum Gasteiger partial charge on any atom is -0.435 e. The van der Waals surface area contributed by atoms with Crippen molar-refractivity contribution < 1.29 is 35.9 Å². The Hall–Kier alpha value is -4.22. The number of alkyl halides is 6. The van der Waals surface area contributed by atoms with Crippen molar-refractivity contribution in [1.29, 1.82) is 0 Å². The monoisotopic (exact) mass is 506 g/mol. The van der Waals surface area contributed by atoms with E-state index in [1.54, 1.807) is 18.2 Å². The van der Waals surface area contributed by atoms with Crippen LogP contribution < -0.4 is 10.1 Å². The van der Waals surface area contributed by atoms with Gasteiger partial charge in [-0.2, -0.15) is 26.3 Å². The van der Waals surface area contributed by atoms with Crippen LogP contribution in [0.2, 0.25) is 0 Å². The molecule has 4 aromatic rings. The van der Waals surface area contributed by atoms with Crippen molar-refractivity contribution in [1.82, 2.24) is 20.5 Å². The van der Waals surface area contributed by atoms with Gasteiger partial charge in [0.05, 0.1) is 28.9 Å². The maximum absolute atomic E-state index is 13.3. The van der Waals surface area contributed by atoms with Gasteiger partial charge in [-0.15, -0.1) is 10.2 Å². The lowest BCUT2D eigenvalue weighted by molar-refractivity contribution is -0.138. The zero-order valence-corrected chi connectivity index (χ0v) is 18.4. The average molecular weight is 506 g/mol. The lowest BCUT2D eigenvalue weighted by Crippen LogP contribution is -2.28. The van der Waals surface area contributed by atoms with Crippen LogP contribution in [-0.4, -0.2) is 21.1 Å². The van der Waals surface area contributed by atoms with E-state index in [9.17, 15) is 31.1 Å². The highest BCUT2D eigenvalue weighted by atomic mass is 19.4. The molecule has 2 aromatic heterocycles. The number of carbonyl (C=O) groups excluding carboxylic acids is 1. The van der Waals surface area contributed by atoms with Crippen molar-refractivity contribution in [2.45, 2.75) is 25.3 Å². The van der Waals surface area contributed by atoms with Crippen LogP contribution in [0.5, 0.6) is 11.6 Å². The maximum Gasteiger partial charge on any atom is 0.418 e. The van der Waals surface area contributed by atoms with E-state index < -0.39 is 41.3 Å². The van der Waals surface area contributed by atoms with E-state index >= 15 is 0 Å². The Balaban J connectivity index is 1.70. The summed E-state index contributed by atoms with van der Waals surface area (Å²) in [6, 6.07) is 10.6. The van der Waals surface area contributed by atoms with Crippen LogP contribution >= 0.6 is 0 Å². The van der Waals surface area contributed by atoms with Crippen molar-refractivity contribution in [3.63, 3.8) is 0 Å². The van der Waals surface area contributed by atoms with Gasteiger partial charge in [-0.05, 0) is 36.8 Å². The summed E-state index contributed by atoms with van der Waals surface area (Å²) in [6.07, 6.45) is -7.62. The molecule has 6 nitrogen and oxygen atoms in total. The molecule has 4 rings (SSSR count). The molecule has 0 saturated heterocycles. The number of aromatic nitrogens is 3. The molecule has 0 fully saturated rings. The van der Waals surface area contributed by atoms with Crippen LogP contribution in [0.1, 0.15) is 40.0 Å². The molecule has 2 heterocycles. The van der Waals surface area contributed by atoms with E-state index in [4.69, 9.17) is 4.74 Å². The fourth-order valence-corrected chi connectivity index (χ4v) is 3.41. The van der Waals surface area contributed by atoms with Crippen molar-refractivity contribution in [3.05, 3.63) is 89.2 Å². The topological polar surface area (TPSA) is 77.0 Å². The van der Waals surface area contributed by atoms with Gasteiger partial charge in [0.1, 0.15) is 11.3 Å². The number of rotatable bonds is 5. The third kappa shape index (κ3) is 5.37. The average Bonchev–Trinajstić information content (AvgIpc) is 2.83. The summed E-state index contributed by atoms with van der Waals surface area (Å²) in [5, 5.41) is 10.7. The maximum atomic E-state index is 13.3. The highest BCUT2D eigenvalue weighted by Gasteiger charge is 2.32. The number of hydrogen-bond acceptors (Lipinski definition) is 5. The molecule has 1 amide bonds. The van der Waals surface area contributed by atoms with E-state index in [0.717, 1.165) is 18.3 Å². The molecule has 0 aliphatic heterocycles. The number of pyridine rings is 1. The number of hydrogen-bond donors (Lipinski definition) is 1. The number of carbonyl (C=O) groups is 1. The molecule has 0 spiro atoms. The third-order valence-electron chi connectivity index (χ3n) is 5.18. The number of nitrogens with zero attached hydrogens (tertiary/aromatic N) is 3. The second-order valence-electron chi connectivity index (χ2n) is 7.72. The van der Waals surface area contributed by atoms with Crippen molar-refractivity contribution in [2.24, 2.45) is 0 Å². The van der Waals surface area contributed by atoms with Gasteiger partial charge in [-0.3, -0.25) is 9.78 Å². The normalized spacial score (nSPS) is 12.9. The van der Waals surface area contributed by atoms with E-state index in [2.05, 4.69) is 20.5 Å². The summed E-state index contributed by atoms with van der Waals surface area (Å²) in [6.45, 7) is 1.49. The number of benzene rings is 2. The summed E-state index contributed by atoms with van der Waals surface area (Å²) in [4.78, 5) is 16.8. The molecule has 0 radical (unpaired) electrons. The highest BCUT2D eigenvalue weighted by molar-refractivity contribution is 6.08. The predicted molar refractivity (Wildman–Crippen MR) is 116 cm³/mol. The molecule has 0 aliphatic rings. The molecular formula is C24H16F6N4O2. The first-order valence-corrected chi connectivity index (χ1v) is 10.4. The Bertz CT molecular complexity index is 1420.